The fourth-order valence-electron chi connectivity index (χ4n) is 2.21. The summed E-state index contributed by atoms with van der Waals surface area (Å²) in [5.41, 5.74) is 0.601. The number of hydrogen-bond acceptors (Lipinski definition) is 4. The van der Waals surface area contributed by atoms with E-state index in [9.17, 15) is 14.3 Å². The minimum Gasteiger partial charge on any atom is -0.507 e. The normalized spacial score (nSPS) is 21.7. The molecule has 102 valence electrons. The summed E-state index contributed by atoms with van der Waals surface area (Å²) in [4.78, 5) is 13.7. The highest BCUT2D eigenvalue weighted by Crippen LogP contribution is 2.22. The van der Waals surface area contributed by atoms with E-state index in [2.05, 4.69) is 5.16 Å². The van der Waals surface area contributed by atoms with E-state index in [0.717, 1.165) is 18.2 Å². The minimum absolute atomic E-state index is 0.0448. The van der Waals surface area contributed by atoms with Crippen molar-refractivity contribution in [3.8, 4) is 5.75 Å². The number of halogens is 1. The zero-order chi connectivity index (χ0) is 14.0. The van der Waals surface area contributed by atoms with Crippen molar-refractivity contribution >= 4 is 11.6 Å². The van der Waals surface area contributed by atoms with Crippen molar-refractivity contribution in [2.24, 2.45) is 11.1 Å². The molecule has 1 unspecified atom stereocenters. The van der Waals surface area contributed by atoms with Crippen LogP contribution in [0.5, 0.6) is 5.75 Å². The Kier molecular flexibility index (Phi) is 3.69. The van der Waals surface area contributed by atoms with Crippen LogP contribution in [0.4, 0.5) is 4.39 Å². The van der Waals surface area contributed by atoms with Gasteiger partial charge in [0.25, 0.3) is 5.91 Å². The molecule has 19 heavy (non-hydrogen) atoms. The maximum absolute atomic E-state index is 13.1. The molecule has 0 spiro atoms. The lowest BCUT2D eigenvalue weighted by Gasteiger charge is -2.31. The van der Waals surface area contributed by atoms with E-state index in [0.29, 0.717) is 25.2 Å². The predicted molar refractivity (Wildman–Crippen MR) is 67.0 cm³/mol. The molecule has 6 heteroatoms. The Morgan fingerprint density at radius 3 is 2.89 bits per heavy atom. The summed E-state index contributed by atoms with van der Waals surface area (Å²) in [6.45, 7) is 2.62. The van der Waals surface area contributed by atoms with Gasteiger partial charge in [-0.05, 0) is 18.2 Å². The molecule has 1 aromatic rings. The number of phenolic OH excluding ortho intramolecular Hbond substituents is 1. The number of oxime groups is 1. The number of hydrogen-bond donors (Lipinski definition) is 2. The molecule has 1 aromatic carbocycles. The van der Waals surface area contributed by atoms with Gasteiger partial charge in [0, 0.05) is 25.4 Å². The number of amides is 1. The van der Waals surface area contributed by atoms with E-state index >= 15 is 0 Å². The summed E-state index contributed by atoms with van der Waals surface area (Å²) in [5.74, 6) is -1.27. The first kappa shape index (κ1) is 13.3. The predicted octanol–water partition coefficient (Wildman–Crippen LogP) is 1.84. The maximum Gasteiger partial charge on any atom is 0.257 e. The number of benzene rings is 1. The molecule has 1 aliphatic rings. The summed E-state index contributed by atoms with van der Waals surface area (Å²) in [7, 11) is 0. The van der Waals surface area contributed by atoms with E-state index in [1.54, 1.807) is 0 Å². The van der Waals surface area contributed by atoms with Crippen molar-refractivity contribution in [3.63, 3.8) is 0 Å². The molecule has 1 aliphatic heterocycles. The van der Waals surface area contributed by atoms with Crippen LogP contribution in [0.25, 0.3) is 0 Å². The molecule has 0 bridgehead atoms. The number of carbonyl (C=O) groups is 1. The van der Waals surface area contributed by atoms with E-state index in [4.69, 9.17) is 5.21 Å². The van der Waals surface area contributed by atoms with Gasteiger partial charge in [-0.25, -0.2) is 4.39 Å². The van der Waals surface area contributed by atoms with Crippen molar-refractivity contribution in [1.29, 1.82) is 0 Å². The van der Waals surface area contributed by atoms with Crippen molar-refractivity contribution in [1.82, 2.24) is 4.90 Å². The number of piperidine rings is 1. The van der Waals surface area contributed by atoms with Gasteiger partial charge in [0.1, 0.15) is 11.6 Å². The van der Waals surface area contributed by atoms with Gasteiger partial charge in [-0.3, -0.25) is 4.79 Å². The molecule has 2 rings (SSSR count). The van der Waals surface area contributed by atoms with Gasteiger partial charge in [-0.2, -0.15) is 0 Å². The summed E-state index contributed by atoms with van der Waals surface area (Å²) in [6, 6.07) is 3.29. The highest BCUT2D eigenvalue weighted by molar-refractivity contribution is 5.98. The number of rotatable bonds is 1. The topological polar surface area (TPSA) is 73.1 Å². The first-order chi connectivity index (χ1) is 9.02. The van der Waals surface area contributed by atoms with Crippen LogP contribution >= 0.6 is 0 Å². The lowest BCUT2D eigenvalue weighted by molar-refractivity contribution is 0.0730. The fraction of sp³-hybridized carbons (Fsp3) is 0.385. The molecule has 0 radical (unpaired) electrons. The Balaban J connectivity index is 2.19. The van der Waals surface area contributed by atoms with Crippen LogP contribution in [-0.4, -0.2) is 39.9 Å². The van der Waals surface area contributed by atoms with E-state index in [1.807, 2.05) is 6.92 Å². The Labute approximate surface area is 110 Å². The molecule has 1 saturated heterocycles. The van der Waals surface area contributed by atoms with Crippen LogP contribution in [0.1, 0.15) is 23.7 Å². The zero-order valence-corrected chi connectivity index (χ0v) is 10.5. The smallest absolute Gasteiger partial charge is 0.257 e. The summed E-state index contributed by atoms with van der Waals surface area (Å²) >= 11 is 0. The van der Waals surface area contributed by atoms with E-state index < -0.39 is 11.7 Å². The van der Waals surface area contributed by atoms with Gasteiger partial charge in [0.05, 0.1) is 11.3 Å². The molecule has 2 N–H and O–H groups in total. The van der Waals surface area contributed by atoms with Gasteiger partial charge in [-0.15, -0.1) is 0 Å². The van der Waals surface area contributed by atoms with Gasteiger partial charge < -0.3 is 15.2 Å². The Morgan fingerprint density at radius 2 is 2.26 bits per heavy atom. The number of carbonyl (C=O) groups excluding carboxylic acids is 1. The molecule has 1 amide bonds. The van der Waals surface area contributed by atoms with Crippen LogP contribution in [0.15, 0.2) is 23.4 Å². The average Bonchev–Trinajstić information content (AvgIpc) is 2.40. The first-order valence-corrected chi connectivity index (χ1v) is 6.01. The zero-order valence-electron chi connectivity index (χ0n) is 10.5. The lowest BCUT2D eigenvalue weighted by atomic mass is 9.97. The quantitative estimate of drug-likeness (QED) is 0.601. The highest BCUT2D eigenvalue weighted by Gasteiger charge is 2.27. The van der Waals surface area contributed by atoms with Gasteiger partial charge in [-0.1, -0.05) is 12.1 Å². The number of aromatic hydroxyl groups is 1. The Bertz CT molecular complexity index is 531. The van der Waals surface area contributed by atoms with Crippen molar-refractivity contribution < 1.29 is 19.5 Å². The summed E-state index contributed by atoms with van der Waals surface area (Å²) in [5, 5.41) is 21.6. The first-order valence-electron chi connectivity index (χ1n) is 6.01. The molecule has 1 fully saturated rings. The average molecular weight is 266 g/mol. The number of phenols is 1. The van der Waals surface area contributed by atoms with Crippen LogP contribution < -0.4 is 0 Å². The van der Waals surface area contributed by atoms with Crippen molar-refractivity contribution in [2.75, 3.05) is 13.1 Å². The maximum atomic E-state index is 13.1. The van der Waals surface area contributed by atoms with Gasteiger partial charge in [0.15, 0.2) is 0 Å². The molecule has 1 heterocycles. The molecule has 5 nitrogen and oxygen atoms in total. The molecular formula is C13H15FN2O3. The Hall–Kier alpha value is -2.11. The monoisotopic (exact) mass is 266 g/mol. The minimum atomic E-state index is -0.566. The molecular weight excluding hydrogens is 251 g/mol. The second kappa shape index (κ2) is 5.26. The molecule has 1 atom stereocenters. The van der Waals surface area contributed by atoms with Crippen molar-refractivity contribution in [3.05, 3.63) is 29.6 Å². The van der Waals surface area contributed by atoms with Gasteiger partial charge >= 0.3 is 0 Å². The van der Waals surface area contributed by atoms with Crippen LogP contribution in [0, 0.1) is 11.7 Å². The summed E-state index contributed by atoms with van der Waals surface area (Å²) in [6.07, 6.45) is 0.472. The molecule has 0 aliphatic carbocycles. The standard InChI is InChI=1S/C13H15FN2O3/c1-8-7-16(5-4-11(8)15-19)13(18)10-6-9(14)2-3-12(10)17/h2-3,6,8,17,19H,4-5,7H2,1H3/b15-11+. The van der Waals surface area contributed by atoms with Crippen LogP contribution in [-0.2, 0) is 0 Å². The number of nitrogens with zero attached hydrogens (tertiary/aromatic N) is 2. The third-order valence-corrected chi connectivity index (χ3v) is 3.31. The second-order valence-corrected chi connectivity index (χ2v) is 4.66. The Morgan fingerprint density at radius 1 is 1.53 bits per heavy atom. The fourth-order valence-corrected chi connectivity index (χ4v) is 2.21. The van der Waals surface area contributed by atoms with Crippen molar-refractivity contribution in [2.45, 2.75) is 13.3 Å². The largest absolute Gasteiger partial charge is 0.507 e. The lowest BCUT2D eigenvalue weighted by Crippen LogP contribution is -2.43. The highest BCUT2D eigenvalue weighted by atomic mass is 19.1. The van der Waals surface area contributed by atoms with Crippen LogP contribution in [0.3, 0.4) is 0 Å². The van der Waals surface area contributed by atoms with E-state index in [1.165, 1.54) is 4.90 Å². The van der Waals surface area contributed by atoms with E-state index in [-0.39, 0.29) is 17.2 Å². The second-order valence-electron chi connectivity index (χ2n) is 4.66. The SMILES string of the molecule is CC1CN(C(=O)c2cc(F)ccc2O)CC/C1=N\O. The molecule has 0 saturated carbocycles. The molecule has 0 aromatic heterocycles. The third kappa shape index (κ3) is 2.67. The third-order valence-electron chi connectivity index (χ3n) is 3.31. The summed E-state index contributed by atoms with van der Waals surface area (Å²) < 4.78 is 13.1. The van der Waals surface area contributed by atoms with Gasteiger partial charge in [0.2, 0.25) is 0 Å². The number of likely N-dealkylation sites (tertiary alicyclic amines) is 1. The van der Waals surface area contributed by atoms with Crippen LogP contribution in [0.2, 0.25) is 0 Å².